The van der Waals surface area contributed by atoms with E-state index in [1.807, 2.05) is 18.2 Å². The second-order valence-electron chi connectivity index (χ2n) is 9.00. The molecule has 2 aliphatic carbocycles. The van der Waals surface area contributed by atoms with Crippen LogP contribution in [0.2, 0.25) is 10.0 Å². The number of carbonyl (C=O) groups is 2. The number of nitrogens with zero attached hydrogens (tertiary/aromatic N) is 2. The average molecular weight is 473 g/mol. The number of halogens is 2. The molecule has 5 rings (SSSR count). The number of H-pyrrole nitrogens is 1. The highest BCUT2D eigenvalue weighted by Crippen LogP contribution is 2.59. The monoisotopic (exact) mass is 472 g/mol. The molecule has 2 aromatic carbocycles. The van der Waals surface area contributed by atoms with E-state index in [1.165, 1.54) is 0 Å². The molecular formula is C23H22Cl2N4O3. The molecule has 0 unspecified atom stereocenters. The van der Waals surface area contributed by atoms with E-state index in [0.29, 0.717) is 16.5 Å². The van der Waals surface area contributed by atoms with Crippen molar-refractivity contribution in [2.75, 3.05) is 0 Å². The van der Waals surface area contributed by atoms with Crippen molar-refractivity contribution in [3.8, 4) is 0 Å². The average Bonchev–Trinajstić information content (AvgIpc) is 3.14. The molecule has 166 valence electrons. The molecule has 1 spiro atoms. The van der Waals surface area contributed by atoms with Crippen LogP contribution in [0.1, 0.15) is 36.8 Å². The van der Waals surface area contributed by atoms with Crippen molar-refractivity contribution in [1.29, 1.82) is 0 Å². The molecule has 3 aromatic rings. The number of aromatic amines is 1. The third kappa shape index (κ3) is 4.45. The van der Waals surface area contributed by atoms with Gasteiger partial charge in [-0.3, -0.25) is 4.79 Å². The number of Topliss-reactive ketones (excluding diaryl/α,β-unsaturated/α-hetero) is 1. The molecule has 0 aliphatic heterocycles. The Morgan fingerprint density at radius 2 is 1.72 bits per heavy atom. The van der Waals surface area contributed by atoms with Gasteiger partial charge in [0.2, 0.25) is 0 Å². The van der Waals surface area contributed by atoms with Crippen molar-refractivity contribution in [2.45, 2.75) is 44.8 Å². The summed E-state index contributed by atoms with van der Waals surface area (Å²) < 4.78 is 5.28. The van der Waals surface area contributed by atoms with Crippen LogP contribution in [0.4, 0.5) is 4.79 Å². The molecule has 1 aromatic heterocycles. The first-order valence-corrected chi connectivity index (χ1v) is 11.3. The molecular weight excluding hydrogens is 451 g/mol. The van der Waals surface area contributed by atoms with Crippen LogP contribution in [-0.2, 0) is 22.6 Å². The van der Waals surface area contributed by atoms with E-state index in [1.54, 1.807) is 18.2 Å². The Morgan fingerprint density at radius 3 is 2.47 bits per heavy atom. The van der Waals surface area contributed by atoms with Crippen molar-refractivity contribution in [3.63, 3.8) is 0 Å². The number of ether oxygens (including phenoxy) is 1. The largest absolute Gasteiger partial charge is 0.445 e. The van der Waals surface area contributed by atoms with Crippen molar-refractivity contribution in [2.24, 2.45) is 11.3 Å². The minimum Gasteiger partial charge on any atom is -0.445 e. The summed E-state index contributed by atoms with van der Waals surface area (Å²) in [6, 6.07) is 10.9. The zero-order valence-corrected chi connectivity index (χ0v) is 18.7. The molecule has 0 bridgehead atoms. The van der Waals surface area contributed by atoms with Gasteiger partial charge in [0.15, 0.2) is 0 Å². The molecule has 2 N–H and O–H groups in total. The first kappa shape index (κ1) is 21.2. The van der Waals surface area contributed by atoms with Crippen molar-refractivity contribution in [3.05, 3.63) is 57.6 Å². The zero-order chi connectivity index (χ0) is 22.3. The summed E-state index contributed by atoms with van der Waals surface area (Å²) in [5.41, 5.74) is 3.47. The van der Waals surface area contributed by atoms with E-state index in [0.717, 1.165) is 47.8 Å². The summed E-state index contributed by atoms with van der Waals surface area (Å²) in [5.74, 6) is 0.373. The number of alkyl carbamates (subject to hydrolysis) is 1. The highest BCUT2D eigenvalue weighted by atomic mass is 35.5. The fraction of sp³-hybridized carbons (Fsp3) is 0.391. The van der Waals surface area contributed by atoms with Crippen LogP contribution in [0.3, 0.4) is 0 Å². The summed E-state index contributed by atoms with van der Waals surface area (Å²) in [6.45, 7) is 0.112. The number of nitrogens with one attached hydrogen (secondary N) is 2. The number of ketones is 1. The van der Waals surface area contributed by atoms with Gasteiger partial charge in [-0.25, -0.2) is 4.79 Å². The molecule has 7 nitrogen and oxygen atoms in total. The van der Waals surface area contributed by atoms with Crippen molar-refractivity contribution >= 4 is 46.1 Å². The Hall–Kier alpha value is -2.64. The van der Waals surface area contributed by atoms with E-state index in [2.05, 4.69) is 20.7 Å². The molecule has 9 heteroatoms. The van der Waals surface area contributed by atoms with Gasteiger partial charge in [0, 0.05) is 28.4 Å². The molecule has 2 aliphatic rings. The predicted molar refractivity (Wildman–Crippen MR) is 121 cm³/mol. The Kier molecular flexibility index (Phi) is 5.55. The normalized spacial score (nSPS) is 24.1. The Morgan fingerprint density at radius 1 is 1.00 bits per heavy atom. The number of carbonyl (C=O) groups excluding carboxylic acids is 2. The predicted octanol–water partition coefficient (Wildman–Crippen LogP) is 4.86. The van der Waals surface area contributed by atoms with Crippen LogP contribution in [0.15, 0.2) is 36.4 Å². The second kappa shape index (κ2) is 8.37. The number of amides is 1. The van der Waals surface area contributed by atoms with Crippen molar-refractivity contribution in [1.82, 2.24) is 20.7 Å². The third-order valence-corrected chi connectivity index (χ3v) is 6.98. The molecule has 32 heavy (non-hydrogen) atoms. The summed E-state index contributed by atoms with van der Waals surface area (Å²) in [5, 5.41) is 14.6. The number of fused-ring (bicyclic) bond motifs is 1. The Labute approximate surface area is 194 Å². The van der Waals surface area contributed by atoms with Crippen LogP contribution < -0.4 is 5.32 Å². The van der Waals surface area contributed by atoms with Gasteiger partial charge in [-0.1, -0.05) is 29.3 Å². The Balaban J connectivity index is 1.04. The minimum atomic E-state index is -0.448. The zero-order valence-electron chi connectivity index (χ0n) is 17.2. The fourth-order valence-corrected chi connectivity index (χ4v) is 5.60. The van der Waals surface area contributed by atoms with E-state index >= 15 is 0 Å². The van der Waals surface area contributed by atoms with E-state index in [-0.39, 0.29) is 29.8 Å². The lowest BCUT2D eigenvalue weighted by Crippen LogP contribution is -2.57. The molecule has 0 saturated heterocycles. The lowest BCUT2D eigenvalue weighted by molar-refractivity contribution is -0.135. The number of hydrogen-bond donors (Lipinski definition) is 2. The quantitative estimate of drug-likeness (QED) is 0.533. The summed E-state index contributed by atoms with van der Waals surface area (Å²) in [4.78, 5) is 24.8. The van der Waals surface area contributed by atoms with Crippen LogP contribution in [0, 0.1) is 11.3 Å². The molecule has 2 fully saturated rings. The SMILES string of the molecule is O=C(NC1CC2(C1)CC(C(=O)Cc1ccc3n[nH]nc3c1)C2)OCc1cc(Cl)cc(Cl)c1. The van der Waals surface area contributed by atoms with E-state index in [4.69, 9.17) is 27.9 Å². The fourth-order valence-electron chi connectivity index (χ4n) is 5.03. The van der Waals surface area contributed by atoms with E-state index < -0.39 is 6.09 Å². The first-order chi connectivity index (χ1) is 15.4. The van der Waals surface area contributed by atoms with Gasteiger partial charge < -0.3 is 10.1 Å². The topological polar surface area (TPSA) is 97.0 Å². The maximum Gasteiger partial charge on any atom is 0.407 e. The van der Waals surface area contributed by atoms with Gasteiger partial charge in [0.1, 0.15) is 23.4 Å². The second-order valence-corrected chi connectivity index (χ2v) is 9.87. The highest BCUT2D eigenvalue weighted by molar-refractivity contribution is 6.34. The summed E-state index contributed by atoms with van der Waals surface area (Å²) in [7, 11) is 0. The summed E-state index contributed by atoms with van der Waals surface area (Å²) >= 11 is 11.9. The minimum absolute atomic E-state index is 0.0936. The van der Waals surface area contributed by atoms with Gasteiger partial charge in [-0.05, 0) is 72.6 Å². The van der Waals surface area contributed by atoms with Gasteiger partial charge in [0.05, 0.1) is 0 Å². The Bertz CT molecular complexity index is 1160. The van der Waals surface area contributed by atoms with Gasteiger partial charge in [-0.2, -0.15) is 15.4 Å². The van der Waals surface area contributed by atoms with Crippen LogP contribution >= 0.6 is 23.2 Å². The maximum atomic E-state index is 12.7. The number of hydrogen-bond acceptors (Lipinski definition) is 5. The lowest BCUT2D eigenvalue weighted by atomic mass is 9.49. The number of aromatic nitrogens is 3. The molecule has 2 saturated carbocycles. The smallest absolute Gasteiger partial charge is 0.407 e. The molecule has 1 amide bonds. The van der Waals surface area contributed by atoms with Crippen molar-refractivity contribution < 1.29 is 14.3 Å². The van der Waals surface area contributed by atoms with Gasteiger partial charge >= 0.3 is 6.09 Å². The maximum absolute atomic E-state index is 12.7. The van der Waals surface area contributed by atoms with Gasteiger partial charge in [0.25, 0.3) is 0 Å². The highest BCUT2D eigenvalue weighted by Gasteiger charge is 2.54. The third-order valence-electron chi connectivity index (χ3n) is 6.55. The molecule has 0 radical (unpaired) electrons. The summed E-state index contributed by atoms with van der Waals surface area (Å²) in [6.07, 6.45) is 3.54. The molecule has 0 atom stereocenters. The molecule has 1 heterocycles. The van der Waals surface area contributed by atoms with Crippen LogP contribution in [0.25, 0.3) is 11.0 Å². The van der Waals surface area contributed by atoms with E-state index in [9.17, 15) is 9.59 Å². The van der Waals surface area contributed by atoms with Crippen LogP contribution in [0.5, 0.6) is 0 Å². The van der Waals surface area contributed by atoms with Gasteiger partial charge in [-0.15, -0.1) is 0 Å². The first-order valence-electron chi connectivity index (χ1n) is 10.6. The van der Waals surface area contributed by atoms with Crippen LogP contribution in [-0.4, -0.2) is 33.3 Å². The lowest BCUT2D eigenvalue weighted by Gasteiger charge is -2.57. The number of rotatable bonds is 6. The standard InChI is InChI=1S/C23H22Cl2N4O3/c24-16-3-14(4-17(25)7-16)12-32-22(31)26-18-10-23(11-18)8-15(9-23)21(30)6-13-1-2-19-20(5-13)28-29-27-19/h1-5,7,15,18H,6,8-12H2,(H,26,31)(H,27,28,29). The number of benzene rings is 2.